The number of carbonyl (C=O) groups is 1. The number of cyclic esters (lactones) is 1. The van der Waals surface area contributed by atoms with Crippen LogP contribution in [0.4, 0.5) is 5.69 Å². The van der Waals surface area contributed by atoms with E-state index in [0.29, 0.717) is 0 Å². The van der Waals surface area contributed by atoms with Gasteiger partial charge in [0.2, 0.25) is 0 Å². The largest absolute Gasteiger partial charge is 0.462 e. The second-order valence-corrected chi connectivity index (χ2v) is 7.08. The van der Waals surface area contributed by atoms with Gasteiger partial charge in [-0.15, -0.1) is 0 Å². The van der Waals surface area contributed by atoms with Crippen LogP contribution in [0.25, 0.3) is 0 Å². The molecule has 2 saturated heterocycles. The lowest BCUT2D eigenvalue weighted by Gasteiger charge is -2.36. The van der Waals surface area contributed by atoms with Crippen molar-refractivity contribution in [2.45, 2.75) is 24.9 Å². The van der Waals surface area contributed by atoms with Crippen LogP contribution >= 0.6 is 0 Å². The maximum atomic E-state index is 12.2. The highest BCUT2D eigenvalue weighted by Crippen LogP contribution is 2.32. The van der Waals surface area contributed by atoms with Crippen molar-refractivity contribution in [1.29, 1.82) is 0 Å². The summed E-state index contributed by atoms with van der Waals surface area (Å²) in [4.78, 5) is 21.1. The summed E-state index contributed by atoms with van der Waals surface area (Å²) in [6.45, 7) is 5.14. The van der Waals surface area contributed by atoms with Gasteiger partial charge in [-0.25, -0.2) is 0 Å². The van der Waals surface area contributed by atoms with E-state index >= 15 is 0 Å². The lowest BCUT2D eigenvalue weighted by Crippen LogP contribution is -2.47. The Bertz CT molecular complexity index is 715. The highest BCUT2D eigenvalue weighted by Gasteiger charge is 2.35. The summed E-state index contributed by atoms with van der Waals surface area (Å²) in [7, 11) is 0. The van der Waals surface area contributed by atoms with E-state index in [4.69, 9.17) is 4.74 Å². The van der Waals surface area contributed by atoms with Crippen LogP contribution in [0.5, 0.6) is 0 Å². The zero-order chi connectivity index (χ0) is 17.8. The van der Waals surface area contributed by atoms with E-state index in [1.54, 1.807) is 0 Å². The zero-order valence-corrected chi connectivity index (χ0v) is 15.0. The summed E-state index contributed by atoms with van der Waals surface area (Å²) in [5.74, 6) is -0.159. The van der Waals surface area contributed by atoms with Gasteiger partial charge >= 0.3 is 5.97 Å². The molecule has 0 bridgehead atoms. The second-order valence-electron chi connectivity index (χ2n) is 7.08. The first-order chi connectivity index (χ1) is 12.8. The molecule has 5 heteroatoms. The fourth-order valence-electron chi connectivity index (χ4n) is 3.90. The van der Waals surface area contributed by atoms with E-state index in [0.717, 1.165) is 51.1 Å². The molecule has 2 aliphatic heterocycles. The van der Waals surface area contributed by atoms with E-state index in [1.807, 2.05) is 42.7 Å². The summed E-state index contributed by atoms with van der Waals surface area (Å²) < 4.78 is 5.63. The SMILES string of the molecule is O=C1O[C@@H](CCN2CCN(c3ccncc3)CC2)CC1c1ccccc1. The first kappa shape index (κ1) is 17.0. The molecule has 1 aromatic heterocycles. The fraction of sp³-hybridized carbons (Fsp3) is 0.429. The molecule has 0 aliphatic carbocycles. The molecule has 2 aromatic rings. The van der Waals surface area contributed by atoms with Gasteiger partial charge in [0.05, 0.1) is 5.92 Å². The lowest BCUT2D eigenvalue weighted by atomic mass is 9.95. The van der Waals surface area contributed by atoms with Crippen LogP contribution < -0.4 is 4.90 Å². The summed E-state index contributed by atoms with van der Waals surface area (Å²) in [5, 5.41) is 0. The number of anilines is 1. The van der Waals surface area contributed by atoms with Crippen molar-refractivity contribution >= 4 is 11.7 Å². The predicted molar refractivity (Wildman–Crippen MR) is 101 cm³/mol. The van der Waals surface area contributed by atoms with E-state index in [-0.39, 0.29) is 18.0 Å². The predicted octanol–water partition coefficient (Wildman–Crippen LogP) is 2.69. The van der Waals surface area contributed by atoms with Gasteiger partial charge in [0, 0.05) is 57.2 Å². The Morgan fingerprint density at radius 1 is 1.00 bits per heavy atom. The van der Waals surface area contributed by atoms with Crippen LogP contribution in [-0.4, -0.2) is 54.7 Å². The molecule has 1 unspecified atom stereocenters. The molecule has 1 aromatic carbocycles. The van der Waals surface area contributed by atoms with Crippen molar-refractivity contribution in [2.75, 3.05) is 37.6 Å². The Labute approximate surface area is 154 Å². The van der Waals surface area contributed by atoms with Crippen LogP contribution in [0.2, 0.25) is 0 Å². The molecule has 5 nitrogen and oxygen atoms in total. The molecule has 4 rings (SSSR count). The maximum absolute atomic E-state index is 12.2. The minimum absolute atomic E-state index is 0.0472. The van der Waals surface area contributed by atoms with E-state index < -0.39 is 0 Å². The molecule has 0 amide bonds. The second kappa shape index (κ2) is 7.87. The number of aromatic nitrogens is 1. The number of carbonyl (C=O) groups excluding carboxylic acids is 1. The molecular weight excluding hydrogens is 326 g/mol. The average molecular weight is 351 g/mol. The van der Waals surface area contributed by atoms with Gasteiger partial charge in [0.25, 0.3) is 0 Å². The van der Waals surface area contributed by atoms with Crippen molar-refractivity contribution in [2.24, 2.45) is 0 Å². The van der Waals surface area contributed by atoms with Crippen LogP contribution in [-0.2, 0) is 9.53 Å². The van der Waals surface area contributed by atoms with Crippen molar-refractivity contribution in [3.63, 3.8) is 0 Å². The molecule has 2 aliphatic rings. The summed E-state index contributed by atoms with van der Waals surface area (Å²) >= 11 is 0. The first-order valence-electron chi connectivity index (χ1n) is 9.42. The number of hydrogen-bond donors (Lipinski definition) is 0. The third-order valence-electron chi connectivity index (χ3n) is 5.44. The minimum atomic E-state index is -0.0928. The summed E-state index contributed by atoms with van der Waals surface area (Å²) in [6.07, 6.45) is 5.47. The van der Waals surface area contributed by atoms with Gasteiger partial charge < -0.3 is 9.64 Å². The molecule has 0 N–H and O–H groups in total. The topological polar surface area (TPSA) is 45.7 Å². The molecule has 136 valence electrons. The third-order valence-corrected chi connectivity index (χ3v) is 5.44. The number of pyridine rings is 1. The molecule has 0 radical (unpaired) electrons. The Morgan fingerprint density at radius 2 is 1.73 bits per heavy atom. The smallest absolute Gasteiger partial charge is 0.313 e. The molecule has 0 spiro atoms. The van der Waals surface area contributed by atoms with Crippen LogP contribution in [0.15, 0.2) is 54.9 Å². The Balaban J connectivity index is 1.24. The highest BCUT2D eigenvalue weighted by molar-refractivity contribution is 5.80. The van der Waals surface area contributed by atoms with Crippen LogP contribution in [0.1, 0.15) is 24.3 Å². The van der Waals surface area contributed by atoms with Gasteiger partial charge in [-0.1, -0.05) is 30.3 Å². The van der Waals surface area contributed by atoms with E-state index in [2.05, 4.69) is 26.9 Å². The van der Waals surface area contributed by atoms with E-state index in [9.17, 15) is 4.79 Å². The summed E-state index contributed by atoms with van der Waals surface area (Å²) in [5.41, 5.74) is 2.32. The third kappa shape index (κ3) is 3.88. The Hall–Kier alpha value is -2.40. The molecule has 3 heterocycles. The van der Waals surface area contributed by atoms with Crippen LogP contribution in [0.3, 0.4) is 0 Å². The van der Waals surface area contributed by atoms with Gasteiger partial charge in [-0.2, -0.15) is 0 Å². The van der Waals surface area contributed by atoms with Crippen molar-refractivity contribution in [3.8, 4) is 0 Å². The first-order valence-corrected chi connectivity index (χ1v) is 9.42. The number of hydrogen-bond acceptors (Lipinski definition) is 5. The van der Waals surface area contributed by atoms with Crippen molar-refractivity contribution in [1.82, 2.24) is 9.88 Å². The molecular formula is C21H25N3O2. The maximum Gasteiger partial charge on any atom is 0.313 e. The lowest BCUT2D eigenvalue weighted by molar-refractivity contribution is -0.142. The van der Waals surface area contributed by atoms with Gasteiger partial charge in [-0.3, -0.25) is 14.7 Å². The standard InChI is InChI=1S/C21H25N3O2/c25-21-20(17-4-2-1-3-5-17)16-19(26-21)8-11-23-12-14-24(15-13-23)18-6-9-22-10-7-18/h1-7,9-10,19-20H,8,11-16H2/t19-,20?/m0/s1. The van der Waals surface area contributed by atoms with Gasteiger partial charge in [-0.05, 0) is 24.1 Å². The van der Waals surface area contributed by atoms with Gasteiger partial charge in [0.1, 0.15) is 6.10 Å². The number of esters is 1. The van der Waals surface area contributed by atoms with E-state index in [1.165, 1.54) is 5.69 Å². The number of rotatable bonds is 5. The Kier molecular flexibility index (Phi) is 5.16. The van der Waals surface area contributed by atoms with Crippen molar-refractivity contribution in [3.05, 3.63) is 60.4 Å². The average Bonchev–Trinajstić information content (AvgIpc) is 3.09. The number of piperazine rings is 1. The van der Waals surface area contributed by atoms with Crippen molar-refractivity contribution < 1.29 is 9.53 Å². The fourth-order valence-corrected chi connectivity index (χ4v) is 3.90. The molecule has 0 saturated carbocycles. The Morgan fingerprint density at radius 3 is 2.46 bits per heavy atom. The monoisotopic (exact) mass is 351 g/mol. The van der Waals surface area contributed by atoms with Crippen LogP contribution in [0, 0.1) is 0 Å². The molecule has 2 atom stereocenters. The molecule has 26 heavy (non-hydrogen) atoms. The number of ether oxygens (including phenoxy) is 1. The number of benzene rings is 1. The van der Waals surface area contributed by atoms with Gasteiger partial charge in [0.15, 0.2) is 0 Å². The zero-order valence-electron chi connectivity index (χ0n) is 15.0. The summed E-state index contributed by atoms with van der Waals surface area (Å²) in [6, 6.07) is 14.1. The number of nitrogens with zero attached hydrogens (tertiary/aromatic N) is 3. The quantitative estimate of drug-likeness (QED) is 0.775. The minimum Gasteiger partial charge on any atom is -0.462 e. The normalized spacial score (nSPS) is 23.8. The molecule has 2 fully saturated rings. The highest BCUT2D eigenvalue weighted by atomic mass is 16.5.